The van der Waals surface area contributed by atoms with E-state index < -0.39 is 5.97 Å². The van der Waals surface area contributed by atoms with Crippen molar-refractivity contribution in [2.24, 2.45) is 0 Å². The quantitative estimate of drug-likeness (QED) is 0.445. The molecule has 0 amide bonds. The van der Waals surface area contributed by atoms with Gasteiger partial charge in [-0.2, -0.15) is 0 Å². The van der Waals surface area contributed by atoms with E-state index >= 15 is 0 Å². The van der Waals surface area contributed by atoms with E-state index in [1.165, 1.54) is 6.07 Å². The number of carbonyl (C=O) groups is 2. The van der Waals surface area contributed by atoms with E-state index in [1.54, 1.807) is 19.1 Å². The van der Waals surface area contributed by atoms with Crippen LogP contribution in [0.15, 0.2) is 18.2 Å². The third-order valence-corrected chi connectivity index (χ3v) is 2.53. The zero-order valence-electron chi connectivity index (χ0n) is 9.74. The molecule has 4 heteroatoms. The van der Waals surface area contributed by atoms with Crippen molar-refractivity contribution in [2.45, 2.75) is 19.8 Å². The summed E-state index contributed by atoms with van der Waals surface area (Å²) in [6.07, 6.45) is 2.29. The van der Waals surface area contributed by atoms with E-state index in [0.717, 1.165) is 24.7 Å². The van der Waals surface area contributed by atoms with E-state index in [-0.39, 0.29) is 0 Å². The Morgan fingerprint density at radius 1 is 1.41 bits per heavy atom. The number of halogens is 1. The lowest BCUT2D eigenvalue weighted by molar-refractivity contribution is 0.0526. The Hall–Kier alpha value is -1.35. The van der Waals surface area contributed by atoms with Crippen molar-refractivity contribution in [1.82, 2.24) is 0 Å². The minimum absolute atomic E-state index is 0.321. The first-order valence-electron chi connectivity index (χ1n) is 5.53. The molecule has 0 aliphatic rings. The first kappa shape index (κ1) is 13.7. The summed E-state index contributed by atoms with van der Waals surface area (Å²) in [6.45, 7) is 2.07. The second kappa shape index (κ2) is 7.07. The number of hydrogen-bond acceptors (Lipinski definition) is 3. The van der Waals surface area contributed by atoms with Crippen LogP contribution in [0.4, 0.5) is 0 Å². The third kappa shape index (κ3) is 4.19. The zero-order chi connectivity index (χ0) is 12.7. The molecule has 0 fully saturated rings. The number of esters is 1. The Morgan fingerprint density at radius 2 is 2.18 bits per heavy atom. The van der Waals surface area contributed by atoms with Gasteiger partial charge in [0.25, 0.3) is 0 Å². The van der Waals surface area contributed by atoms with Crippen molar-refractivity contribution in [3.05, 3.63) is 34.9 Å². The van der Waals surface area contributed by atoms with Crippen molar-refractivity contribution < 1.29 is 14.3 Å². The Morgan fingerprint density at radius 3 is 2.76 bits per heavy atom. The van der Waals surface area contributed by atoms with E-state index in [9.17, 15) is 9.59 Å². The molecule has 0 radical (unpaired) electrons. The molecular formula is C13H15ClO3. The highest BCUT2D eigenvalue weighted by Gasteiger charge is 2.09. The number of aryl methyl sites for hydroxylation is 1. The molecule has 0 heterocycles. The largest absolute Gasteiger partial charge is 0.462 e. The minimum atomic E-state index is -0.400. The van der Waals surface area contributed by atoms with Crippen LogP contribution in [0, 0.1) is 0 Å². The Kier molecular flexibility index (Phi) is 5.70. The predicted octanol–water partition coefficient (Wildman–Crippen LogP) is 2.85. The van der Waals surface area contributed by atoms with E-state index in [2.05, 4.69) is 0 Å². The second-order valence-electron chi connectivity index (χ2n) is 3.59. The van der Waals surface area contributed by atoms with E-state index in [1.807, 2.05) is 0 Å². The molecule has 1 rings (SSSR count). The summed E-state index contributed by atoms with van der Waals surface area (Å²) in [6, 6.07) is 5.05. The van der Waals surface area contributed by atoms with Gasteiger partial charge in [-0.3, -0.25) is 4.79 Å². The van der Waals surface area contributed by atoms with Crippen LogP contribution < -0.4 is 0 Å². The van der Waals surface area contributed by atoms with Crippen LogP contribution in [0.1, 0.15) is 39.6 Å². The molecule has 0 spiro atoms. The molecule has 0 saturated carbocycles. The van der Waals surface area contributed by atoms with Gasteiger partial charge in [0, 0.05) is 11.4 Å². The molecule has 1 aromatic carbocycles. The highest BCUT2D eigenvalue weighted by atomic mass is 35.5. The summed E-state index contributed by atoms with van der Waals surface area (Å²) in [7, 11) is 0. The number of alkyl halides is 1. The average Bonchev–Trinajstić information content (AvgIpc) is 2.36. The molecular weight excluding hydrogens is 240 g/mol. The number of aldehydes is 1. The van der Waals surface area contributed by atoms with E-state index in [4.69, 9.17) is 16.3 Å². The van der Waals surface area contributed by atoms with Crippen LogP contribution in [0.5, 0.6) is 0 Å². The molecule has 92 valence electrons. The van der Waals surface area contributed by atoms with Crippen molar-refractivity contribution in [3.63, 3.8) is 0 Å². The SMILES string of the molecule is CCOC(=O)c1cc(C=O)cc(CCCCl)c1. The molecule has 1 aromatic rings. The van der Waals surface area contributed by atoms with Crippen LogP contribution in [-0.2, 0) is 11.2 Å². The summed E-state index contributed by atoms with van der Waals surface area (Å²) in [4.78, 5) is 22.4. The summed E-state index contributed by atoms with van der Waals surface area (Å²) in [5.74, 6) is 0.156. The predicted molar refractivity (Wildman–Crippen MR) is 66.8 cm³/mol. The highest BCUT2D eigenvalue weighted by molar-refractivity contribution is 6.17. The maximum absolute atomic E-state index is 11.6. The zero-order valence-corrected chi connectivity index (χ0v) is 10.5. The summed E-state index contributed by atoms with van der Waals surface area (Å²) in [5, 5.41) is 0. The molecule has 0 aliphatic heterocycles. The van der Waals surface area contributed by atoms with Gasteiger partial charge in [-0.25, -0.2) is 4.79 Å². The molecule has 3 nitrogen and oxygen atoms in total. The maximum Gasteiger partial charge on any atom is 0.338 e. The Balaban J connectivity index is 2.96. The van der Waals surface area contributed by atoms with Crippen molar-refractivity contribution in [1.29, 1.82) is 0 Å². The first-order valence-corrected chi connectivity index (χ1v) is 6.07. The van der Waals surface area contributed by atoms with Gasteiger partial charge >= 0.3 is 5.97 Å². The van der Waals surface area contributed by atoms with Crippen LogP contribution in [0.25, 0.3) is 0 Å². The lowest BCUT2D eigenvalue weighted by atomic mass is 10.0. The van der Waals surface area contributed by atoms with Gasteiger partial charge in [0.15, 0.2) is 0 Å². The number of ether oxygens (including phenoxy) is 1. The molecule has 0 aliphatic carbocycles. The number of carbonyl (C=O) groups excluding carboxylic acids is 2. The lowest BCUT2D eigenvalue weighted by Gasteiger charge is -2.06. The number of benzene rings is 1. The fourth-order valence-corrected chi connectivity index (χ4v) is 1.67. The van der Waals surface area contributed by atoms with Gasteiger partial charge in [0.05, 0.1) is 12.2 Å². The number of hydrogen-bond donors (Lipinski definition) is 0. The van der Waals surface area contributed by atoms with Gasteiger partial charge in [-0.1, -0.05) is 0 Å². The minimum Gasteiger partial charge on any atom is -0.462 e. The Labute approximate surface area is 106 Å². The standard InChI is InChI=1S/C13H15ClO3/c1-2-17-13(16)12-7-10(4-3-5-14)6-11(8-12)9-15/h6-9H,2-5H2,1H3. The van der Waals surface area contributed by atoms with E-state index in [0.29, 0.717) is 23.6 Å². The van der Waals surface area contributed by atoms with Crippen LogP contribution in [0.3, 0.4) is 0 Å². The lowest BCUT2D eigenvalue weighted by Crippen LogP contribution is -2.06. The van der Waals surface area contributed by atoms with Gasteiger partial charge in [0.1, 0.15) is 6.29 Å². The van der Waals surface area contributed by atoms with Gasteiger partial charge in [-0.05, 0) is 43.5 Å². The average molecular weight is 255 g/mol. The molecule has 0 bridgehead atoms. The van der Waals surface area contributed by atoms with Crippen LogP contribution in [0.2, 0.25) is 0 Å². The summed E-state index contributed by atoms with van der Waals surface area (Å²) in [5.41, 5.74) is 1.83. The van der Waals surface area contributed by atoms with Gasteiger partial charge < -0.3 is 4.74 Å². The maximum atomic E-state index is 11.6. The first-order chi connectivity index (χ1) is 8.21. The second-order valence-corrected chi connectivity index (χ2v) is 3.97. The van der Waals surface area contributed by atoms with Gasteiger partial charge in [-0.15, -0.1) is 11.6 Å². The summed E-state index contributed by atoms with van der Waals surface area (Å²) < 4.78 is 4.91. The molecule has 0 aromatic heterocycles. The van der Waals surface area contributed by atoms with Crippen molar-refractivity contribution >= 4 is 23.9 Å². The smallest absolute Gasteiger partial charge is 0.338 e. The fraction of sp³-hybridized carbons (Fsp3) is 0.385. The molecule has 0 unspecified atom stereocenters. The Bertz CT molecular complexity index is 402. The highest BCUT2D eigenvalue weighted by Crippen LogP contribution is 2.12. The van der Waals surface area contributed by atoms with Crippen molar-refractivity contribution in [2.75, 3.05) is 12.5 Å². The molecule has 0 N–H and O–H groups in total. The van der Waals surface area contributed by atoms with Crippen LogP contribution >= 0.6 is 11.6 Å². The topological polar surface area (TPSA) is 43.4 Å². The normalized spacial score (nSPS) is 10.0. The van der Waals surface area contributed by atoms with Crippen LogP contribution in [-0.4, -0.2) is 24.7 Å². The third-order valence-electron chi connectivity index (χ3n) is 2.26. The molecule has 0 atom stereocenters. The molecule has 17 heavy (non-hydrogen) atoms. The summed E-state index contributed by atoms with van der Waals surface area (Å²) >= 11 is 5.62. The monoisotopic (exact) mass is 254 g/mol. The van der Waals surface area contributed by atoms with Gasteiger partial charge in [0.2, 0.25) is 0 Å². The van der Waals surface area contributed by atoms with Crippen molar-refractivity contribution in [3.8, 4) is 0 Å². The fourth-order valence-electron chi connectivity index (χ4n) is 1.53. The number of rotatable bonds is 6. The molecule has 0 saturated heterocycles.